The van der Waals surface area contributed by atoms with E-state index in [1.807, 2.05) is 0 Å². The fraction of sp³-hybridized carbons (Fsp3) is 0.741. The van der Waals surface area contributed by atoms with Gasteiger partial charge < -0.3 is 9.47 Å². The van der Waals surface area contributed by atoms with Crippen LogP contribution in [0.25, 0.3) is 0 Å². The van der Waals surface area contributed by atoms with Gasteiger partial charge in [-0.2, -0.15) is 0 Å². The van der Waals surface area contributed by atoms with Gasteiger partial charge in [0.25, 0.3) is 5.69 Å². The molecule has 0 amide bonds. The molecule has 0 aliphatic rings. The van der Waals surface area contributed by atoms with Crippen molar-refractivity contribution in [1.29, 1.82) is 0 Å². The van der Waals surface area contributed by atoms with E-state index in [0.29, 0.717) is 47.6 Å². The molecule has 6 heteroatoms. The molecule has 1 aromatic rings. The van der Waals surface area contributed by atoms with Crippen LogP contribution >= 0.6 is 0 Å². The van der Waals surface area contributed by atoms with Crippen molar-refractivity contribution < 1.29 is 19.2 Å². The Morgan fingerprint density at radius 1 is 0.879 bits per heavy atom. The molecular formula is C27H45NO5. The summed E-state index contributed by atoms with van der Waals surface area (Å²) in [7, 11) is 1.45. The van der Waals surface area contributed by atoms with E-state index >= 15 is 0 Å². The molecule has 0 aliphatic heterocycles. The van der Waals surface area contributed by atoms with E-state index in [4.69, 9.17) is 9.47 Å². The monoisotopic (exact) mass is 463 g/mol. The highest BCUT2D eigenvalue weighted by atomic mass is 16.6. The Hall–Kier alpha value is -2.11. The summed E-state index contributed by atoms with van der Waals surface area (Å²) in [6.07, 6.45) is 9.94. The zero-order valence-corrected chi connectivity index (χ0v) is 21.8. The van der Waals surface area contributed by atoms with Gasteiger partial charge in [-0.05, 0) is 36.0 Å². The van der Waals surface area contributed by atoms with Crippen LogP contribution in [0.1, 0.15) is 103 Å². The van der Waals surface area contributed by atoms with Gasteiger partial charge in [0.05, 0.1) is 30.3 Å². The molecule has 0 aliphatic carbocycles. The van der Waals surface area contributed by atoms with E-state index < -0.39 is 4.92 Å². The van der Waals surface area contributed by atoms with Crippen molar-refractivity contribution in [2.75, 3.05) is 13.7 Å². The quantitative estimate of drug-likeness (QED) is 0.102. The summed E-state index contributed by atoms with van der Waals surface area (Å²) in [5.41, 5.74) is 0.144. The van der Waals surface area contributed by atoms with Crippen molar-refractivity contribution in [2.24, 2.45) is 23.2 Å². The number of carbonyl (C=O) groups excluding carboxylic acids is 1. The van der Waals surface area contributed by atoms with Crippen LogP contribution in [0.3, 0.4) is 0 Å². The van der Waals surface area contributed by atoms with Crippen molar-refractivity contribution in [2.45, 2.75) is 92.9 Å². The first-order chi connectivity index (χ1) is 15.6. The minimum absolute atomic E-state index is 0.0170. The first kappa shape index (κ1) is 28.9. The third-order valence-electron chi connectivity index (χ3n) is 7.37. The smallest absolute Gasteiger partial charge is 0.283 e. The molecule has 188 valence electrons. The molecule has 33 heavy (non-hydrogen) atoms. The molecule has 0 spiro atoms. The molecule has 0 heterocycles. The lowest BCUT2D eigenvalue weighted by atomic mass is 9.60. The zero-order valence-electron chi connectivity index (χ0n) is 21.8. The predicted molar refractivity (Wildman–Crippen MR) is 134 cm³/mol. The first-order valence-electron chi connectivity index (χ1n) is 12.6. The van der Waals surface area contributed by atoms with Crippen molar-refractivity contribution in [1.82, 2.24) is 0 Å². The van der Waals surface area contributed by atoms with Crippen LogP contribution < -0.4 is 9.47 Å². The Morgan fingerprint density at radius 3 is 1.85 bits per heavy atom. The van der Waals surface area contributed by atoms with E-state index in [0.717, 1.165) is 19.3 Å². The summed E-state index contributed by atoms with van der Waals surface area (Å²) in [6.45, 7) is 14.8. The Morgan fingerprint density at radius 2 is 1.39 bits per heavy atom. The highest BCUT2D eigenvalue weighted by molar-refractivity contribution is 5.83. The average molecular weight is 464 g/mol. The highest BCUT2D eigenvalue weighted by Crippen LogP contribution is 2.47. The number of nitro benzene ring substituents is 1. The maximum atomic E-state index is 11.2. The number of benzene rings is 1. The largest absolute Gasteiger partial charge is 0.493 e. The lowest BCUT2D eigenvalue weighted by Crippen LogP contribution is -2.38. The van der Waals surface area contributed by atoms with Gasteiger partial charge >= 0.3 is 0 Å². The minimum atomic E-state index is -0.580. The molecule has 0 aromatic heterocycles. The van der Waals surface area contributed by atoms with Gasteiger partial charge in [-0.25, -0.2) is 0 Å². The maximum absolute atomic E-state index is 11.2. The number of hydrogen-bond donors (Lipinski definition) is 0. The number of nitrogens with zero attached hydrogens (tertiary/aromatic N) is 1. The number of hydrogen-bond acceptors (Lipinski definition) is 5. The minimum Gasteiger partial charge on any atom is -0.493 e. The fourth-order valence-corrected chi connectivity index (χ4v) is 5.56. The van der Waals surface area contributed by atoms with Crippen LogP contribution in [0.2, 0.25) is 0 Å². The lowest BCUT2D eigenvalue weighted by Gasteiger charge is -2.45. The van der Waals surface area contributed by atoms with Crippen molar-refractivity contribution in [3.8, 4) is 11.5 Å². The highest BCUT2D eigenvalue weighted by Gasteiger charge is 2.39. The van der Waals surface area contributed by atoms with Crippen LogP contribution in [-0.2, 0) is 0 Å². The molecule has 0 saturated heterocycles. The molecule has 0 N–H and O–H groups in total. The van der Waals surface area contributed by atoms with Gasteiger partial charge in [0, 0.05) is 6.07 Å². The number of carbonyl (C=O) groups is 1. The van der Waals surface area contributed by atoms with Gasteiger partial charge in [0.1, 0.15) is 0 Å². The normalized spacial score (nSPS) is 11.9. The predicted octanol–water partition coefficient (Wildman–Crippen LogP) is 7.87. The Kier molecular flexibility index (Phi) is 12.5. The molecule has 6 nitrogen and oxygen atoms in total. The van der Waals surface area contributed by atoms with Gasteiger partial charge in [-0.3, -0.25) is 14.9 Å². The van der Waals surface area contributed by atoms with Crippen molar-refractivity contribution in [3.05, 3.63) is 27.8 Å². The molecule has 0 atom stereocenters. The number of ether oxygens (including phenoxy) is 2. The molecule has 0 unspecified atom stereocenters. The third kappa shape index (κ3) is 8.01. The third-order valence-corrected chi connectivity index (χ3v) is 7.37. The van der Waals surface area contributed by atoms with Crippen molar-refractivity contribution >= 4 is 12.0 Å². The standard InChI is InChI=1S/C27H45NO5/c1-20(2)27(21(3)4,22(5)6)15-13-11-9-8-10-12-14-16-33-26-18-24(28(30)31)23(19-29)17-25(26)32-7/h17-22H,8-16H2,1-7H3. The summed E-state index contributed by atoms with van der Waals surface area (Å²) in [5, 5.41) is 11.2. The van der Waals surface area contributed by atoms with E-state index in [1.54, 1.807) is 0 Å². The summed E-state index contributed by atoms with van der Waals surface area (Å²) in [5.74, 6) is 2.74. The van der Waals surface area contributed by atoms with Crippen molar-refractivity contribution in [3.63, 3.8) is 0 Å². The fourth-order valence-electron chi connectivity index (χ4n) is 5.56. The average Bonchev–Trinajstić information content (AvgIpc) is 2.76. The summed E-state index contributed by atoms with van der Waals surface area (Å²) >= 11 is 0. The summed E-state index contributed by atoms with van der Waals surface area (Å²) < 4.78 is 10.9. The van der Waals surface area contributed by atoms with E-state index in [1.165, 1.54) is 51.3 Å². The number of rotatable bonds is 17. The molecule has 1 rings (SSSR count). The van der Waals surface area contributed by atoms with Crippen LogP contribution in [0.5, 0.6) is 11.5 Å². The van der Waals surface area contributed by atoms with E-state index in [9.17, 15) is 14.9 Å². The number of aldehydes is 1. The summed E-state index contributed by atoms with van der Waals surface area (Å²) in [4.78, 5) is 21.7. The molecular weight excluding hydrogens is 418 g/mol. The zero-order chi connectivity index (χ0) is 25.0. The van der Waals surface area contributed by atoms with E-state index in [2.05, 4.69) is 41.5 Å². The van der Waals surface area contributed by atoms with Gasteiger partial charge in [0.15, 0.2) is 17.8 Å². The second-order valence-electron chi connectivity index (χ2n) is 10.1. The SMILES string of the molecule is COc1cc(C=O)c([N+](=O)[O-])cc1OCCCCCCCCCC(C(C)C)(C(C)C)C(C)C. The maximum Gasteiger partial charge on any atom is 0.283 e. The number of unbranched alkanes of at least 4 members (excludes halogenated alkanes) is 6. The topological polar surface area (TPSA) is 78.7 Å². The molecule has 0 saturated carbocycles. The summed E-state index contributed by atoms with van der Waals surface area (Å²) in [6, 6.07) is 2.63. The first-order valence-corrected chi connectivity index (χ1v) is 12.6. The Bertz CT molecular complexity index is 720. The molecule has 1 aromatic carbocycles. The van der Waals surface area contributed by atoms with Crippen LogP contribution in [0.15, 0.2) is 12.1 Å². The van der Waals surface area contributed by atoms with Crippen LogP contribution in [0, 0.1) is 33.3 Å². The molecule has 0 radical (unpaired) electrons. The number of methoxy groups -OCH3 is 1. The van der Waals surface area contributed by atoms with E-state index in [-0.39, 0.29) is 11.3 Å². The second kappa shape index (κ2) is 14.2. The molecule has 0 fully saturated rings. The van der Waals surface area contributed by atoms with Gasteiger partial charge in [-0.1, -0.05) is 80.1 Å². The van der Waals surface area contributed by atoms with Crippen LogP contribution in [-0.4, -0.2) is 24.9 Å². The van der Waals surface area contributed by atoms with Gasteiger partial charge in [0.2, 0.25) is 0 Å². The van der Waals surface area contributed by atoms with Crippen LogP contribution in [0.4, 0.5) is 5.69 Å². The molecule has 0 bridgehead atoms. The Balaban J connectivity index is 2.35. The second-order valence-corrected chi connectivity index (χ2v) is 10.1. The lowest BCUT2D eigenvalue weighted by molar-refractivity contribution is -0.385. The number of nitro groups is 1. The Labute approximate surface area is 200 Å². The van der Waals surface area contributed by atoms with Gasteiger partial charge in [-0.15, -0.1) is 0 Å².